The molecule has 1 amide bonds. The van der Waals surface area contributed by atoms with E-state index in [2.05, 4.69) is 5.32 Å². The first-order chi connectivity index (χ1) is 7.80. The number of nitrogens with one attached hydrogen (secondary N) is 1. The maximum atomic E-state index is 12.0. The van der Waals surface area contributed by atoms with Crippen molar-refractivity contribution in [2.75, 3.05) is 11.9 Å². The number of amides is 1. The van der Waals surface area contributed by atoms with Crippen LogP contribution in [0.15, 0.2) is 24.3 Å². The van der Waals surface area contributed by atoms with Crippen LogP contribution in [-0.2, 0) is 0 Å². The summed E-state index contributed by atoms with van der Waals surface area (Å²) in [6.45, 7) is -0.653. The summed E-state index contributed by atoms with van der Waals surface area (Å²) in [7, 11) is 0. The Kier molecular flexibility index (Phi) is 3.95. The Bertz CT molecular complexity index is 390. The smallest absolute Gasteiger partial charge is 0.382 e. The van der Waals surface area contributed by atoms with Gasteiger partial charge in [0.1, 0.15) is 0 Å². The fourth-order valence-corrected chi connectivity index (χ4v) is 1.08. The molecule has 4 N–H and O–H groups in total. The molecule has 1 rings (SSSR count). The molecule has 0 saturated heterocycles. The number of rotatable bonds is 4. The van der Waals surface area contributed by atoms with Crippen LogP contribution in [0.3, 0.4) is 0 Å². The molecule has 0 saturated carbocycles. The summed E-state index contributed by atoms with van der Waals surface area (Å²) in [5.74, 6) is -0.619. The first kappa shape index (κ1) is 13.3. The quantitative estimate of drug-likeness (QED) is 0.747. The number of aliphatic hydroxyl groups is 1. The molecule has 0 heterocycles. The lowest BCUT2D eigenvalue weighted by molar-refractivity contribution is -0.198. The third-order valence-corrected chi connectivity index (χ3v) is 2.05. The highest BCUT2D eigenvalue weighted by Gasteiger charge is 2.37. The summed E-state index contributed by atoms with van der Waals surface area (Å²) < 4.78 is 35.9. The Balaban J connectivity index is 2.56. The number of hydrogen-bond donors (Lipinski definition) is 3. The van der Waals surface area contributed by atoms with Crippen molar-refractivity contribution in [1.82, 2.24) is 0 Å². The van der Waals surface area contributed by atoms with Crippen molar-refractivity contribution >= 4 is 11.6 Å². The highest BCUT2D eigenvalue weighted by molar-refractivity contribution is 5.93. The zero-order valence-corrected chi connectivity index (χ0v) is 8.66. The standard InChI is InChI=1S/C10H11F3N2O2/c11-10(12,13)8(16)5-15-7-3-1-6(2-4-7)9(14)17/h1-4,8,15-16H,5H2,(H2,14,17). The van der Waals surface area contributed by atoms with E-state index >= 15 is 0 Å². The van der Waals surface area contributed by atoms with Crippen LogP contribution >= 0.6 is 0 Å². The van der Waals surface area contributed by atoms with E-state index < -0.39 is 24.7 Å². The lowest BCUT2D eigenvalue weighted by atomic mass is 10.2. The average Bonchev–Trinajstić information content (AvgIpc) is 2.25. The molecule has 0 bridgehead atoms. The summed E-state index contributed by atoms with van der Waals surface area (Å²) >= 11 is 0. The van der Waals surface area contributed by atoms with E-state index in [0.717, 1.165) is 0 Å². The molecule has 94 valence electrons. The van der Waals surface area contributed by atoms with Crippen molar-refractivity contribution in [3.8, 4) is 0 Å². The molecule has 0 aliphatic heterocycles. The molecule has 0 spiro atoms. The van der Waals surface area contributed by atoms with Gasteiger partial charge in [-0.05, 0) is 24.3 Å². The molecule has 1 unspecified atom stereocenters. The first-order valence-corrected chi connectivity index (χ1v) is 4.69. The van der Waals surface area contributed by atoms with Crippen molar-refractivity contribution in [3.63, 3.8) is 0 Å². The number of primary amides is 1. The van der Waals surface area contributed by atoms with Gasteiger partial charge in [-0.25, -0.2) is 0 Å². The van der Waals surface area contributed by atoms with Gasteiger partial charge in [-0.1, -0.05) is 0 Å². The number of anilines is 1. The van der Waals surface area contributed by atoms with Gasteiger partial charge in [0.05, 0.1) is 0 Å². The summed E-state index contributed by atoms with van der Waals surface area (Å²) in [6.07, 6.45) is -7.08. The molecule has 0 radical (unpaired) electrons. The van der Waals surface area contributed by atoms with Gasteiger partial charge >= 0.3 is 6.18 Å². The zero-order valence-electron chi connectivity index (χ0n) is 8.66. The van der Waals surface area contributed by atoms with Crippen molar-refractivity contribution in [3.05, 3.63) is 29.8 Å². The Hall–Kier alpha value is -1.76. The number of benzene rings is 1. The topological polar surface area (TPSA) is 75.4 Å². The molecule has 1 aromatic carbocycles. The molecule has 7 heteroatoms. The molecule has 4 nitrogen and oxygen atoms in total. The summed E-state index contributed by atoms with van der Waals surface area (Å²) in [5, 5.41) is 11.1. The van der Waals surface area contributed by atoms with Crippen molar-refractivity contribution in [2.24, 2.45) is 5.73 Å². The molecule has 0 aromatic heterocycles. The van der Waals surface area contributed by atoms with Crippen LogP contribution < -0.4 is 11.1 Å². The molecule has 17 heavy (non-hydrogen) atoms. The fraction of sp³-hybridized carbons (Fsp3) is 0.300. The second-order valence-electron chi connectivity index (χ2n) is 3.38. The van der Waals surface area contributed by atoms with E-state index in [-0.39, 0.29) is 5.56 Å². The van der Waals surface area contributed by atoms with Gasteiger partial charge in [0, 0.05) is 17.8 Å². The number of hydrogen-bond acceptors (Lipinski definition) is 3. The van der Waals surface area contributed by atoms with Gasteiger partial charge in [-0.15, -0.1) is 0 Å². The van der Waals surface area contributed by atoms with Crippen LogP contribution in [0.5, 0.6) is 0 Å². The second kappa shape index (κ2) is 5.05. The molecule has 0 fully saturated rings. The minimum absolute atomic E-state index is 0.256. The number of halogens is 3. The van der Waals surface area contributed by atoms with Crippen molar-refractivity contribution < 1.29 is 23.1 Å². The fourth-order valence-electron chi connectivity index (χ4n) is 1.08. The second-order valence-corrected chi connectivity index (χ2v) is 3.38. The maximum absolute atomic E-state index is 12.0. The van der Waals surface area contributed by atoms with E-state index in [4.69, 9.17) is 10.8 Å². The first-order valence-electron chi connectivity index (χ1n) is 4.69. The van der Waals surface area contributed by atoms with Gasteiger partial charge in [0.25, 0.3) is 0 Å². The molecular weight excluding hydrogens is 237 g/mol. The Labute approximate surface area is 95.2 Å². The average molecular weight is 248 g/mol. The van der Waals surface area contributed by atoms with E-state index in [1.165, 1.54) is 24.3 Å². The van der Waals surface area contributed by atoms with E-state index in [1.807, 2.05) is 0 Å². The molecule has 1 aromatic rings. The van der Waals surface area contributed by atoms with Crippen molar-refractivity contribution in [1.29, 1.82) is 0 Å². The lowest BCUT2D eigenvalue weighted by Gasteiger charge is -2.15. The third-order valence-electron chi connectivity index (χ3n) is 2.05. The Morgan fingerprint density at radius 2 is 1.88 bits per heavy atom. The van der Waals surface area contributed by atoms with Crippen LogP contribution in [0.4, 0.5) is 18.9 Å². The monoisotopic (exact) mass is 248 g/mol. The number of carbonyl (C=O) groups is 1. The lowest BCUT2D eigenvalue weighted by Crippen LogP contribution is -2.34. The Morgan fingerprint density at radius 3 is 2.29 bits per heavy atom. The van der Waals surface area contributed by atoms with Crippen molar-refractivity contribution in [2.45, 2.75) is 12.3 Å². The van der Waals surface area contributed by atoms with E-state index in [9.17, 15) is 18.0 Å². The van der Waals surface area contributed by atoms with Gasteiger partial charge < -0.3 is 16.2 Å². The Morgan fingerprint density at radius 1 is 1.35 bits per heavy atom. The molecule has 0 aliphatic carbocycles. The number of alkyl halides is 3. The molecule has 0 aliphatic rings. The minimum atomic E-state index is -4.65. The maximum Gasteiger partial charge on any atom is 0.416 e. The number of nitrogens with two attached hydrogens (primary N) is 1. The SMILES string of the molecule is NC(=O)c1ccc(NCC(O)C(F)(F)F)cc1. The molecule has 1 atom stereocenters. The summed E-state index contributed by atoms with van der Waals surface area (Å²) in [5.41, 5.74) is 5.61. The summed E-state index contributed by atoms with van der Waals surface area (Å²) in [4.78, 5) is 10.7. The van der Waals surface area contributed by atoms with Gasteiger partial charge in [0.2, 0.25) is 5.91 Å². The van der Waals surface area contributed by atoms with E-state index in [1.54, 1.807) is 0 Å². The van der Waals surface area contributed by atoms with Gasteiger partial charge in [-0.2, -0.15) is 13.2 Å². The largest absolute Gasteiger partial charge is 0.416 e. The van der Waals surface area contributed by atoms with Crippen LogP contribution in [0.2, 0.25) is 0 Å². The molecular formula is C10H11F3N2O2. The summed E-state index contributed by atoms with van der Waals surface area (Å²) in [6, 6.07) is 5.57. The van der Waals surface area contributed by atoms with E-state index in [0.29, 0.717) is 5.69 Å². The normalized spacial score (nSPS) is 13.2. The number of carbonyl (C=O) groups excluding carboxylic acids is 1. The van der Waals surface area contributed by atoms with Crippen LogP contribution in [-0.4, -0.2) is 29.8 Å². The van der Waals surface area contributed by atoms with Gasteiger partial charge in [-0.3, -0.25) is 4.79 Å². The van der Waals surface area contributed by atoms with Crippen LogP contribution in [0.25, 0.3) is 0 Å². The van der Waals surface area contributed by atoms with Crippen LogP contribution in [0.1, 0.15) is 10.4 Å². The predicted octanol–water partition coefficient (Wildman–Crippen LogP) is 1.12. The third kappa shape index (κ3) is 3.95. The highest BCUT2D eigenvalue weighted by atomic mass is 19.4. The zero-order chi connectivity index (χ0) is 13.1. The van der Waals surface area contributed by atoms with Crippen LogP contribution in [0, 0.1) is 0 Å². The van der Waals surface area contributed by atoms with Gasteiger partial charge in [0.15, 0.2) is 6.10 Å². The predicted molar refractivity (Wildman–Crippen MR) is 55.5 cm³/mol. The number of aliphatic hydroxyl groups excluding tert-OH is 1. The minimum Gasteiger partial charge on any atom is -0.382 e. The highest BCUT2D eigenvalue weighted by Crippen LogP contribution is 2.20.